The zero-order valence-corrected chi connectivity index (χ0v) is 7.19. The minimum Gasteiger partial charge on any atom is -0.316 e. The number of hydrogen-bond donors (Lipinski definition) is 3. The first-order chi connectivity index (χ1) is 5.29. The van der Waals surface area contributed by atoms with Crippen molar-refractivity contribution in [3.8, 4) is 0 Å². The van der Waals surface area contributed by atoms with Gasteiger partial charge in [0.1, 0.15) is 0 Å². The van der Waals surface area contributed by atoms with Gasteiger partial charge in [0.05, 0.1) is 0 Å². The van der Waals surface area contributed by atoms with Crippen molar-refractivity contribution in [2.45, 2.75) is 12.8 Å². The third-order valence-corrected chi connectivity index (χ3v) is 2.31. The molecule has 1 rings (SSSR count). The number of nitrogens with one attached hydrogen (secondary N) is 2. The van der Waals surface area contributed by atoms with Crippen LogP contribution >= 0.6 is 0 Å². The predicted molar refractivity (Wildman–Crippen MR) is 44.4 cm³/mol. The van der Waals surface area contributed by atoms with E-state index in [0.29, 0.717) is 12.5 Å². The van der Waals surface area contributed by atoms with Gasteiger partial charge < -0.3 is 5.32 Å². The molecule has 1 aliphatic heterocycles. The van der Waals surface area contributed by atoms with Crippen molar-refractivity contribution in [3.63, 3.8) is 0 Å². The van der Waals surface area contributed by atoms with Gasteiger partial charge in [0.2, 0.25) is 11.3 Å². The van der Waals surface area contributed by atoms with Crippen molar-refractivity contribution < 1.29 is 8.76 Å². The summed E-state index contributed by atoms with van der Waals surface area (Å²) in [6.07, 6.45) is 2.32. The summed E-state index contributed by atoms with van der Waals surface area (Å²) in [5, 5.41) is 3.24. The second-order valence-corrected chi connectivity index (χ2v) is 3.60. The van der Waals surface area contributed by atoms with Crippen LogP contribution in [0.3, 0.4) is 0 Å². The summed E-state index contributed by atoms with van der Waals surface area (Å²) in [5.41, 5.74) is 0. The van der Waals surface area contributed by atoms with Crippen molar-refractivity contribution in [1.29, 1.82) is 0 Å². The average Bonchev–Trinajstić information content (AvgIpc) is 2.03. The normalized spacial score (nSPS) is 28.3. The maximum absolute atomic E-state index is 10.2. The Labute approximate surface area is 69.2 Å². The highest BCUT2D eigenvalue weighted by molar-refractivity contribution is 7.77. The zero-order chi connectivity index (χ0) is 8.10. The molecule has 1 heterocycles. The Morgan fingerprint density at radius 1 is 1.73 bits per heavy atom. The molecule has 2 unspecified atom stereocenters. The summed E-state index contributed by atoms with van der Waals surface area (Å²) in [5.74, 6) is 0.514. The quantitative estimate of drug-likeness (QED) is 0.521. The van der Waals surface area contributed by atoms with Crippen LogP contribution in [0.15, 0.2) is 0 Å². The Hall–Kier alpha value is 0.0300. The lowest BCUT2D eigenvalue weighted by atomic mass is 10.0. The van der Waals surface area contributed by atoms with E-state index in [1.54, 1.807) is 0 Å². The topological polar surface area (TPSA) is 61.4 Å². The Bertz CT molecular complexity index is 137. The van der Waals surface area contributed by atoms with Crippen LogP contribution in [0.25, 0.3) is 0 Å². The SMILES string of the molecule is O=S(O)NCC1CCCNC1. The zero-order valence-electron chi connectivity index (χ0n) is 6.38. The molecule has 2 atom stereocenters. The van der Waals surface area contributed by atoms with E-state index in [-0.39, 0.29) is 0 Å². The van der Waals surface area contributed by atoms with E-state index in [9.17, 15) is 4.21 Å². The molecule has 0 aromatic rings. The van der Waals surface area contributed by atoms with Crippen LogP contribution in [-0.4, -0.2) is 28.4 Å². The molecule has 0 aromatic carbocycles. The standard InChI is InChI=1S/C6H14N2O2S/c9-11(10)8-5-6-2-1-3-7-4-6/h6-8H,1-5H2,(H,9,10). The molecule has 0 radical (unpaired) electrons. The van der Waals surface area contributed by atoms with Gasteiger partial charge >= 0.3 is 0 Å². The van der Waals surface area contributed by atoms with Crippen LogP contribution in [0.1, 0.15) is 12.8 Å². The van der Waals surface area contributed by atoms with Crippen molar-refractivity contribution in [2.75, 3.05) is 19.6 Å². The first-order valence-corrected chi connectivity index (χ1v) is 4.95. The lowest BCUT2D eigenvalue weighted by Gasteiger charge is -2.21. The van der Waals surface area contributed by atoms with E-state index < -0.39 is 11.3 Å². The first-order valence-electron chi connectivity index (χ1n) is 3.84. The van der Waals surface area contributed by atoms with E-state index >= 15 is 0 Å². The number of rotatable bonds is 3. The second-order valence-electron chi connectivity index (χ2n) is 2.81. The molecule has 0 aromatic heterocycles. The van der Waals surface area contributed by atoms with E-state index in [1.807, 2.05) is 0 Å². The molecule has 0 spiro atoms. The maximum Gasteiger partial charge on any atom is 0.231 e. The molecule has 0 saturated carbocycles. The van der Waals surface area contributed by atoms with Crippen LogP contribution in [0.4, 0.5) is 0 Å². The van der Waals surface area contributed by atoms with Gasteiger partial charge in [-0.15, -0.1) is 0 Å². The molecule has 66 valence electrons. The van der Waals surface area contributed by atoms with Crippen molar-refractivity contribution in [3.05, 3.63) is 0 Å². The van der Waals surface area contributed by atoms with E-state index in [2.05, 4.69) is 10.0 Å². The van der Waals surface area contributed by atoms with Crippen LogP contribution in [0, 0.1) is 5.92 Å². The lowest BCUT2D eigenvalue weighted by Crippen LogP contribution is -2.36. The highest BCUT2D eigenvalue weighted by Gasteiger charge is 2.12. The van der Waals surface area contributed by atoms with Gasteiger partial charge in [0.15, 0.2) is 0 Å². The largest absolute Gasteiger partial charge is 0.316 e. The minimum absolute atomic E-state index is 0.514. The summed E-state index contributed by atoms with van der Waals surface area (Å²) in [6, 6.07) is 0. The third kappa shape index (κ3) is 3.81. The van der Waals surface area contributed by atoms with Gasteiger partial charge in [0.25, 0.3) is 0 Å². The molecule has 0 amide bonds. The molecular formula is C6H14N2O2S. The van der Waals surface area contributed by atoms with Crippen LogP contribution < -0.4 is 10.0 Å². The highest BCUT2D eigenvalue weighted by atomic mass is 32.2. The number of hydrogen-bond acceptors (Lipinski definition) is 2. The van der Waals surface area contributed by atoms with E-state index in [4.69, 9.17) is 4.55 Å². The van der Waals surface area contributed by atoms with Crippen molar-refractivity contribution >= 4 is 11.3 Å². The van der Waals surface area contributed by atoms with Crippen LogP contribution in [0.2, 0.25) is 0 Å². The van der Waals surface area contributed by atoms with E-state index in [0.717, 1.165) is 19.5 Å². The Kier molecular flexibility index (Phi) is 3.99. The van der Waals surface area contributed by atoms with Gasteiger partial charge in [-0.2, -0.15) is 0 Å². The molecule has 5 heteroatoms. The number of piperidine rings is 1. The molecule has 1 saturated heterocycles. The molecule has 3 N–H and O–H groups in total. The van der Waals surface area contributed by atoms with Crippen LogP contribution in [-0.2, 0) is 11.3 Å². The fourth-order valence-electron chi connectivity index (χ4n) is 1.29. The molecule has 11 heavy (non-hydrogen) atoms. The Morgan fingerprint density at radius 2 is 2.55 bits per heavy atom. The Morgan fingerprint density at radius 3 is 3.09 bits per heavy atom. The monoisotopic (exact) mass is 178 g/mol. The predicted octanol–water partition coefficient (Wildman–Crippen LogP) is -0.288. The first kappa shape index (κ1) is 9.12. The van der Waals surface area contributed by atoms with Gasteiger partial charge in [-0.25, -0.2) is 8.93 Å². The van der Waals surface area contributed by atoms with Crippen molar-refractivity contribution in [2.24, 2.45) is 5.92 Å². The molecule has 0 aliphatic carbocycles. The summed E-state index contributed by atoms with van der Waals surface area (Å²) in [6.45, 7) is 2.68. The summed E-state index contributed by atoms with van der Waals surface area (Å²) in [7, 11) is 0. The molecule has 0 bridgehead atoms. The minimum atomic E-state index is -1.85. The lowest BCUT2D eigenvalue weighted by molar-refractivity contribution is 0.374. The van der Waals surface area contributed by atoms with Gasteiger partial charge in [-0.05, 0) is 31.8 Å². The smallest absolute Gasteiger partial charge is 0.231 e. The highest BCUT2D eigenvalue weighted by Crippen LogP contribution is 2.07. The maximum atomic E-state index is 10.2. The van der Waals surface area contributed by atoms with Crippen LogP contribution in [0.5, 0.6) is 0 Å². The van der Waals surface area contributed by atoms with Gasteiger partial charge in [0, 0.05) is 6.54 Å². The third-order valence-electron chi connectivity index (χ3n) is 1.89. The molecular weight excluding hydrogens is 164 g/mol. The average molecular weight is 178 g/mol. The molecule has 1 aliphatic rings. The van der Waals surface area contributed by atoms with Gasteiger partial charge in [-0.3, -0.25) is 4.55 Å². The summed E-state index contributed by atoms with van der Waals surface area (Å²) < 4.78 is 21.1. The Balaban J connectivity index is 2.09. The summed E-state index contributed by atoms with van der Waals surface area (Å²) >= 11 is -1.85. The fraction of sp³-hybridized carbons (Fsp3) is 1.00. The fourth-order valence-corrected chi connectivity index (χ4v) is 1.67. The summed E-state index contributed by atoms with van der Waals surface area (Å²) in [4.78, 5) is 0. The van der Waals surface area contributed by atoms with E-state index in [1.165, 1.54) is 6.42 Å². The second kappa shape index (κ2) is 4.82. The molecule has 4 nitrogen and oxygen atoms in total. The van der Waals surface area contributed by atoms with Crippen molar-refractivity contribution in [1.82, 2.24) is 10.0 Å². The van der Waals surface area contributed by atoms with Gasteiger partial charge in [-0.1, -0.05) is 0 Å². The molecule has 1 fully saturated rings.